The maximum atomic E-state index is 10.5. The summed E-state index contributed by atoms with van der Waals surface area (Å²) in [7, 11) is 0. The Morgan fingerprint density at radius 3 is 2.44 bits per heavy atom. The summed E-state index contributed by atoms with van der Waals surface area (Å²) in [6, 6.07) is 23.8. The molecule has 3 aromatic carbocycles. The van der Waals surface area contributed by atoms with Crippen molar-refractivity contribution in [2.45, 2.75) is 37.1 Å². The summed E-state index contributed by atoms with van der Waals surface area (Å²) in [5.41, 5.74) is 10.0. The lowest BCUT2D eigenvalue weighted by Crippen LogP contribution is -2.32. The molecule has 3 aromatic rings. The van der Waals surface area contributed by atoms with Gasteiger partial charge in [0, 0.05) is 33.4 Å². The molecule has 4 rings (SSSR count). The van der Waals surface area contributed by atoms with Gasteiger partial charge in [-0.15, -0.1) is 0 Å². The fourth-order valence-electron chi connectivity index (χ4n) is 4.06. The van der Waals surface area contributed by atoms with Crippen LogP contribution in [0.2, 0.25) is 0 Å². The summed E-state index contributed by atoms with van der Waals surface area (Å²) in [6.07, 6.45) is 4.75. The number of rotatable bonds is 7. The fourth-order valence-corrected chi connectivity index (χ4v) is 4.41. The Labute approximate surface area is 206 Å². The van der Waals surface area contributed by atoms with Crippen LogP contribution in [0.25, 0.3) is 0 Å². The number of nitrogens with zero attached hydrogens (tertiary/aromatic N) is 1. The summed E-state index contributed by atoms with van der Waals surface area (Å²) in [4.78, 5) is 13.9. The van der Waals surface area contributed by atoms with E-state index in [1.54, 1.807) is 18.2 Å². The Hall–Kier alpha value is -3.13. The van der Waals surface area contributed by atoms with Gasteiger partial charge in [0.25, 0.3) is 0 Å². The van der Waals surface area contributed by atoms with Gasteiger partial charge < -0.3 is 11.1 Å². The molecule has 1 fully saturated rings. The topological polar surface area (TPSA) is 108 Å². The van der Waals surface area contributed by atoms with E-state index in [9.17, 15) is 4.79 Å². The number of carbonyl (C=O) groups excluding carboxylic acids is 1. The van der Waals surface area contributed by atoms with Gasteiger partial charge in [-0.1, -0.05) is 48.9 Å². The molecule has 1 atom stereocenters. The minimum absolute atomic E-state index is 0.285. The number of hydrogen-bond donors (Lipinski definition) is 4. The van der Waals surface area contributed by atoms with E-state index in [-0.39, 0.29) is 5.71 Å². The molecule has 34 heavy (non-hydrogen) atoms. The molecule has 1 amide bonds. The average Bonchev–Trinajstić information content (AvgIpc) is 2.90. The van der Waals surface area contributed by atoms with E-state index < -0.39 is 0 Å². The maximum absolute atomic E-state index is 10.5. The Morgan fingerprint density at radius 2 is 1.76 bits per heavy atom. The second kappa shape index (κ2) is 12.9. The molecular formula is C27H33N5OS. The third-order valence-electron chi connectivity index (χ3n) is 6.03. The number of anilines is 2. The van der Waals surface area contributed by atoms with Gasteiger partial charge in [-0.3, -0.25) is 20.2 Å². The van der Waals surface area contributed by atoms with Gasteiger partial charge in [0.15, 0.2) is 0 Å². The van der Waals surface area contributed by atoms with Gasteiger partial charge in [0.05, 0.1) is 5.71 Å². The van der Waals surface area contributed by atoms with Gasteiger partial charge in [-0.25, -0.2) is 0 Å². The third kappa shape index (κ3) is 6.93. The molecule has 1 aliphatic heterocycles. The Bertz CT molecular complexity index is 1080. The first-order chi connectivity index (χ1) is 16.5. The molecule has 178 valence electrons. The van der Waals surface area contributed by atoms with Crippen molar-refractivity contribution in [3.05, 3.63) is 89.5 Å². The van der Waals surface area contributed by atoms with Crippen molar-refractivity contribution in [1.82, 2.24) is 4.90 Å². The van der Waals surface area contributed by atoms with Crippen LogP contribution in [-0.4, -0.2) is 30.1 Å². The molecule has 1 heterocycles. The quantitative estimate of drug-likeness (QED) is 0.157. The van der Waals surface area contributed by atoms with E-state index in [0.29, 0.717) is 29.4 Å². The van der Waals surface area contributed by atoms with Crippen LogP contribution >= 0.6 is 11.9 Å². The van der Waals surface area contributed by atoms with Gasteiger partial charge in [-0.2, -0.15) is 0 Å². The van der Waals surface area contributed by atoms with Crippen LogP contribution in [0.5, 0.6) is 0 Å². The maximum Gasteiger partial charge on any atom is 0.211 e. The number of likely N-dealkylation sites (tertiary alicyclic amines) is 1. The molecular weight excluding hydrogens is 442 g/mol. The SMILES string of the molecule is CC(c1ccccc1)N1CCCCC1.N=C(c1cccc(SN)c1)c1cc(NC=O)ccc1N. The standard InChI is InChI=1S/C14H14N4OS.C13H19N/c15-13-5-4-10(18-8-19)7-12(13)14(16)9-2-1-3-11(6-9)20-17;1-12(13-8-4-2-5-9-13)14-10-6-3-7-11-14/h1-8,16H,15,17H2,(H,18,19);2,4-5,8-9,12H,3,6-7,10-11H2,1H3. The van der Waals surface area contributed by atoms with Crippen LogP contribution in [0, 0.1) is 5.41 Å². The second-order valence-electron chi connectivity index (χ2n) is 8.27. The monoisotopic (exact) mass is 475 g/mol. The average molecular weight is 476 g/mol. The first-order valence-corrected chi connectivity index (χ1v) is 12.4. The molecule has 0 radical (unpaired) electrons. The minimum Gasteiger partial charge on any atom is -0.398 e. The molecule has 0 bridgehead atoms. The van der Waals surface area contributed by atoms with Gasteiger partial charge in [-0.05, 0) is 80.7 Å². The summed E-state index contributed by atoms with van der Waals surface area (Å²) in [5.74, 6) is 0. The van der Waals surface area contributed by atoms with Crippen molar-refractivity contribution in [3.8, 4) is 0 Å². The zero-order valence-corrected chi connectivity index (χ0v) is 20.4. The van der Waals surface area contributed by atoms with Crippen molar-refractivity contribution in [2.24, 2.45) is 5.14 Å². The molecule has 6 N–H and O–H groups in total. The first kappa shape index (κ1) is 25.5. The molecule has 7 heteroatoms. The number of carbonyl (C=O) groups is 1. The van der Waals surface area contributed by atoms with Crippen molar-refractivity contribution in [3.63, 3.8) is 0 Å². The van der Waals surface area contributed by atoms with Crippen LogP contribution < -0.4 is 16.2 Å². The van der Waals surface area contributed by atoms with Crippen molar-refractivity contribution in [1.29, 1.82) is 5.41 Å². The predicted octanol–water partition coefficient (Wildman–Crippen LogP) is 5.45. The predicted molar refractivity (Wildman–Crippen MR) is 143 cm³/mol. The number of hydrogen-bond acceptors (Lipinski definition) is 6. The van der Waals surface area contributed by atoms with E-state index >= 15 is 0 Å². The normalized spacial score (nSPS) is 14.4. The third-order valence-corrected chi connectivity index (χ3v) is 6.55. The molecule has 1 saturated heterocycles. The number of benzene rings is 3. The number of nitrogen functional groups attached to an aromatic ring is 1. The number of nitrogens with two attached hydrogens (primary N) is 2. The lowest BCUT2D eigenvalue weighted by Gasteiger charge is -2.32. The van der Waals surface area contributed by atoms with Crippen LogP contribution in [0.3, 0.4) is 0 Å². The Morgan fingerprint density at radius 1 is 1.03 bits per heavy atom. The summed E-state index contributed by atoms with van der Waals surface area (Å²) in [5, 5.41) is 16.3. The van der Waals surface area contributed by atoms with Crippen molar-refractivity contribution < 1.29 is 4.79 Å². The van der Waals surface area contributed by atoms with E-state index in [1.165, 1.54) is 37.9 Å². The van der Waals surface area contributed by atoms with Crippen LogP contribution in [0.4, 0.5) is 11.4 Å². The molecule has 1 aliphatic rings. The van der Waals surface area contributed by atoms with Gasteiger partial charge >= 0.3 is 0 Å². The summed E-state index contributed by atoms with van der Waals surface area (Å²) >= 11 is 1.12. The highest BCUT2D eigenvalue weighted by atomic mass is 32.2. The lowest BCUT2D eigenvalue weighted by molar-refractivity contribution is -0.105. The largest absolute Gasteiger partial charge is 0.398 e. The lowest BCUT2D eigenvalue weighted by atomic mass is 10.0. The van der Waals surface area contributed by atoms with Crippen LogP contribution in [0.1, 0.15) is 48.9 Å². The Balaban J connectivity index is 0.000000202. The zero-order chi connectivity index (χ0) is 24.3. The molecule has 6 nitrogen and oxygen atoms in total. The molecule has 0 aromatic heterocycles. The van der Waals surface area contributed by atoms with E-state index in [2.05, 4.69) is 47.5 Å². The Kier molecular flexibility index (Phi) is 9.70. The summed E-state index contributed by atoms with van der Waals surface area (Å²) < 4.78 is 0. The van der Waals surface area contributed by atoms with E-state index in [0.717, 1.165) is 22.4 Å². The van der Waals surface area contributed by atoms with Crippen LogP contribution in [0.15, 0.2) is 77.7 Å². The molecule has 0 aliphatic carbocycles. The fraction of sp³-hybridized carbons (Fsp3) is 0.259. The highest BCUT2D eigenvalue weighted by Crippen LogP contribution is 2.24. The molecule has 1 unspecified atom stereocenters. The van der Waals surface area contributed by atoms with Crippen molar-refractivity contribution in [2.75, 3.05) is 24.1 Å². The highest BCUT2D eigenvalue weighted by molar-refractivity contribution is 7.97. The second-order valence-corrected chi connectivity index (χ2v) is 8.98. The summed E-state index contributed by atoms with van der Waals surface area (Å²) in [6.45, 7) is 4.87. The molecule has 0 saturated carbocycles. The van der Waals surface area contributed by atoms with E-state index in [1.807, 2.05) is 24.3 Å². The highest BCUT2D eigenvalue weighted by Gasteiger charge is 2.17. The number of piperidine rings is 1. The van der Waals surface area contributed by atoms with Crippen molar-refractivity contribution >= 4 is 35.4 Å². The van der Waals surface area contributed by atoms with Crippen LogP contribution in [-0.2, 0) is 4.79 Å². The minimum atomic E-state index is 0.285. The molecule has 0 spiro atoms. The first-order valence-electron chi connectivity index (χ1n) is 11.5. The zero-order valence-electron chi connectivity index (χ0n) is 19.5. The smallest absolute Gasteiger partial charge is 0.211 e. The van der Waals surface area contributed by atoms with Gasteiger partial charge in [0.2, 0.25) is 6.41 Å². The number of nitrogens with one attached hydrogen (secondary N) is 2. The van der Waals surface area contributed by atoms with E-state index in [4.69, 9.17) is 16.3 Å². The van der Waals surface area contributed by atoms with Gasteiger partial charge in [0.1, 0.15) is 0 Å². The number of amides is 1.